The fourth-order valence-corrected chi connectivity index (χ4v) is 3.75. The Labute approximate surface area is 166 Å². The van der Waals surface area contributed by atoms with Gasteiger partial charge in [0.15, 0.2) is 0 Å². The molecule has 2 aliphatic rings. The summed E-state index contributed by atoms with van der Waals surface area (Å²) in [6.07, 6.45) is 7.66. The maximum Gasteiger partial charge on any atom is 0.335 e. The fourth-order valence-electron chi connectivity index (χ4n) is 3.75. The Bertz CT molecular complexity index is 893. The number of rotatable bonds is 7. The Hall–Kier alpha value is -2.75. The quantitative estimate of drug-likeness (QED) is 0.669. The van der Waals surface area contributed by atoms with Crippen molar-refractivity contribution < 1.29 is 9.90 Å². The molecule has 0 spiro atoms. The van der Waals surface area contributed by atoms with Crippen LogP contribution in [0, 0.1) is 0 Å². The summed E-state index contributed by atoms with van der Waals surface area (Å²) in [5.74, 6) is -0.172. The number of unbranched alkanes of at least 4 members (excludes halogenated alkanes) is 1. The highest BCUT2D eigenvalue weighted by Gasteiger charge is 2.28. The monoisotopic (exact) mass is 374 g/mol. The van der Waals surface area contributed by atoms with Crippen LogP contribution < -0.4 is 0 Å². The molecule has 2 unspecified atom stereocenters. The molecule has 0 bridgehead atoms. The second kappa shape index (κ2) is 8.09. The second-order valence-electron chi connectivity index (χ2n) is 7.76. The van der Waals surface area contributed by atoms with E-state index in [9.17, 15) is 9.90 Å². The van der Waals surface area contributed by atoms with Gasteiger partial charge >= 0.3 is 5.97 Å². The minimum atomic E-state index is -0.910. The zero-order valence-electron chi connectivity index (χ0n) is 16.2. The van der Waals surface area contributed by atoms with E-state index in [0.29, 0.717) is 5.56 Å². The number of benzene rings is 2. The lowest BCUT2D eigenvalue weighted by Crippen LogP contribution is -2.17. The summed E-state index contributed by atoms with van der Waals surface area (Å²) < 4.78 is 0. The average molecular weight is 374 g/mol. The molecule has 0 aromatic heterocycles. The molecule has 0 amide bonds. The summed E-state index contributed by atoms with van der Waals surface area (Å²) in [6.45, 7) is 2.17. The fraction of sp³-hybridized carbons (Fsp3) is 0.375. The number of carboxylic acids is 1. The van der Waals surface area contributed by atoms with Crippen LogP contribution in [-0.2, 0) is 0 Å². The van der Waals surface area contributed by atoms with Crippen molar-refractivity contribution in [2.24, 2.45) is 9.98 Å². The van der Waals surface area contributed by atoms with E-state index in [4.69, 9.17) is 9.98 Å². The maximum absolute atomic E-state index is 11.2. The smallest absolute Gasteiger partial charge is 0.335 e. The Morgan fingerprint density at radius 2 is 1.57 bits per heavy atom. The second-order valence-corrected chi connectivity index (χ2v) is 7.76. The molecule has 144 valence electrons. The molecule has 4 heteroatoms. The van der Waals surface area contributed by atoms with E-state index in [2.05, 4.69) is 31.2 Å². The standard InChI is InChI=1S/C24H26N2O2/c1-2-3-4-21-15-25-22(18-9-7-17(8-10-18)16-5-6-16)23(26-21)19-11-13-20(14-12-19)24(27)28/h7-16,22-23H,2-6H2,1H3,(H,27,28). The zero-order chi connectivity index (χ0) is 19.5. The molecule has 2 aromatic carbocycles. The third-order valence-corrected chi connectivity index (χ3v) is 5.60. The van der Waals surface area contributed by atoms with E-state index in [-0.39, 0.29) is 12.1 Å². The first-order valence-corrected chi connectivity index (χ1v) is 10.2. The Balaban J connectivity index is 1.64. The summed E-state index contributed by atoms with van der Waals surface area (Å²) in [5.41, 5.74) is 4.90. The van der Waals surface area contributed by atoms with Crippen molar-refractivity contribution in [1.29, 1.82) is 0 Å². The topological polar surface area (TPSA) is 62.0 Å². The summed E-state index contributed by atoms with van der Waals surface area (Å²) >= 11 is 0. The molecule has 1 fully saturated rings. The van der Waals surface area contributed by atoms with Crippen LogP contribution in [-0.4, -0.2) is 23.0 Å². The number of hydrogen-bond donors (Lipinski definition) is 1. The van der Waals surface area contributed by atoms with Crippen LogP contribution >= 0.6 is 0 Å². The van der Waals surface area contributed by atoms with Gasteiger partial charge in [-0.3, -0.25) is 9.98 Å². The van der Waals surface area contributed by atoms with Crippen LogP contribution in [0.25, 0.3) is 0 Å². The summed E-state index contributed by atoms with van der Waals surface area (Å²) in [6, 6.07) is 15.7. The van der Waals surface area contributed by atoms with Crippen LogP contribution in [0.3, 0.4) is 0 Å². The molecule has 4 nitrogen and oxygen atoms in total. The third-order valence-electron chi connectivity index (χ3n) is 5.60. The number of carbonyl (C=O) groups is 1. The normalized spacial score (nSPS) is 21.4. The van der Waals surface area contributed by atoms with Crippen LogP contribution in [0.5, 0.6) is 0 Å². The molecular weight excluding hydrogens is 348 g/mol. The van der Waals surface area contributed by atoms with E-state index < -0.39 is 5.97 Å². The molecule has 1 aliphatic heterocycles. The highest BCUT2D eigenvalue weighted by Crippen LogP contribution is 2.42. The largest absolute Gasteiger partial charge is 0.478 e. The molecular formula is C24H26N2O2. The van der Waals surface area contributed by atoms with Crippen LogP contribution in [0.1, 0.15) is 84.1 Å². The molecule has 4 rings (SSSR count). The third kappa shape index (κ3) is 4.06. The summed E-state index contributed by atoms with van der Waals surface area (Å²) in [4.78, 5) is 21.1. The van der Waals surface area contributed by atoms with Gasteiger partial charge in [-0.1, -0.05) is 49.7 Å². The van der Waals surface area contributed by atoms with Gasteiger partial charge in [-0.25, -0.2) is 4.79 Å². The number of carboxylic acid groups (broad SMARTS) is 1. The summed E-state index contributed by atoms with van der Waals surface area (Å²) in [5, 5.41) is 9.18. The molecule has 1 aliphatic carbocycles. The lowest BCUT2D eigenvalue weighted by molar-refractivity contribution is 0.0697. The van der Waals surface area contributed by atoms with E-state index in [1.807, 2.05) is 18.3 Å². The van der Waals surface area contributed by atoms with Gasteiger partial charge in [-0.2, -0.15) is 0 Å². The number of aliphatic imine (C=N–C) groups is 2. The van der Waals surface area contributed by atoms with Crippen LogP contribution in [0.15, 0.2) is 58.5 Å². The zero-order valence-corrected chi connectivity index (χ0v) is 16.2. The first kappa shape index (κ1) is 18.6. The van der Waals surface area contributed by atoms with Crippen molar-refractivity contribution in [2.45, 2.75) is 57.0 Å². The summed E-state index contributed by atoms with van der Waals surface area (Å²) in [7, 11) is 0. The van der Waals surface area contributed by atoms with Gasteiger partial charge in [-0.05, 0) is 60.4 Å². The molecule has 1 saturated carbocycles. The molecule has 2 aromatic rings. The van der Waals surface area contributed by atoms with Crippen molar-refractivity contribution in [3.05, 3.63) is 70.8 Å². The predicted molar refractivity (Wildman–Crippen MR) is 113 cm³/mol. The number of hydrogen-bond acceptors (Lipinski definition) is 3. The van der Waals surface area contributed by atoms with Gasteiger partial charge in [0.25, 0.3) is 0 Å². The number of aromatic carboxylic acids is 1. The van der Waals surface area contributed by atoms with Crippen molar-refractivity contribution in [3.63, 3.8) is 0 Å². The molecule has 28 heavy (non-hydrogen) atoms. The van der Waals surface area contributed by atoms with E-state index in [0.717, 1.165) is 42.0 Å². The maximum atomic E-state index is 11.2. The van der Waals surface area contributed by atoms with E-state index in [1.54, 1.807) is 12.1 Å². The first-order chi connectivity index (χ1) is 13.7. The Morgan fingerprint density at radius 1 is 0.964 bits per heavy atom. The predicted octanol–water partition coefficient (Wildman–Crippen LogP) is 5.76. The molecule has 1 heterocycles. The van der Waals surface area contributed by atoms with Crippen molar-refractivity contribution in [1.82, 2.24) is 0 Å². The SMILES string of the molecule is CCCCC1=NC(c2ccc(C(=O)O)cc2)C(c2ccc(C3CC3)cc2)N=C1. The van der Waals surface area contributed by atoms with Gasteiger partial charge in [-0.15, -0.1) is 0 Å². The Morgan fingerprint density at radius 3 is 2.18 bits per heavy atom. The Kier molecular flexibility index (Phi) is 5.38. The van der Waals surface area contributed by atoms with Crippen molar-refractivity contribution in [3.8, 4) is 0 Å². The number of nitrogens with zero attached hydrogens (tertiary/aromatic N) is 2. The van der Waals surface area contributed by atoms with E-state index >= 15 is 0 Å². The minimum Gasteiger partial charge on any atom is -0.478 e. The van der Waals surface area contributed by atoms with Crippen LogP contribution in [0.2, 0.25) is 0 Å². The lowest BCUT2D eigenvalue weighted by Gasteiger charge is -2.26. The lowest BCUT2D eigenvalue weighted by atomic mass is 9.91. The average Bonchev–Trinajstić information content (AvgIpc) is 3.58. The highest BCUT2D eigenvalue weighted by atomic mass is 16.4. The van der Waals surface area contributed by atoms with Crippen molar-refractivity contribution >= 4 is 17.9 Å². The molecule has 0 saturated heterocycles. The first-order valence-electron chi connectivity index (χ1n) is 10.2. The molecule has 2 atom stereocenters. The van der Waals surface area contributed by atoms with Gasteiger partial charge < -0.3 is 5.11 Å². The minimum absolute atomic E-state index is 0.0747. The van der Waals surface area contributed by atoms with Crippen molar-refractivity contribution in [2.75, 3.05) is 0 Å². The van der Waals surface area contributed by atoms with Crippen LogP contribution in [0.4, 0.5) is 0 Å². The highest BCUT2D eigenvalue weighted by molar-refractivity contribution is 6.31. The van der Waals surface area contributed by atoms with Gasteiger partial charge in [0, 0.05) is 6.21 Å². The van der Waals surface area contributed by atoms with Gasteiger partial charge in [0.1, 0.15) is 12.1 Å². The van der Waals surface area contributed by atoms with Gasteiger partial charge in [0.05, 0.1) is 11.3 Å². The molecule has 1 N–H and O–H groups in total. The molecule has 0 radical (unpaired) electrons. The van der Waals surface area contributed by atoms with Gasteiger partial charge in [0.2, 0.25) is 0 Å². The van der Waals surface area contributed by atoms with E-state index in [1.165, 1.54) is 18.4 Å².